The molecule has 4 aromatic rings. The first-order chi connectivity index (χ1) is 29.9. The van der Waals surface area contributed by atoms with Gasteiger partial charge in [-0.1, -0.05) is 36.4 Å². The van der Waals surface area contributed by atoms with Crippen LogP contribution in [-0.2, 0) is 27.9 Å². The molecular weight excluding hydrogens is 869 g/mol. The average Bonchev–Trinajstić information content (AvgIpc) is 4.00. The standard InChI is InChI=1S/C22H28BNO3.C16H16BrNO.C12H24B2O4/c1-21(2)22(3,4)27-23(26-21)18-13-24(19(14-9-10-14)15-11-12-15)20(25)17-8-6-5-7-16(17)18;17-14-9-18(15(10-5-6-10)11-7-8-11)16(19)13-4-2-1-3-12(13)14;1-9(2)10(3,4)16-13(15-9)14-17-11(5,6)12(7,8)18-14/h5-8,13-15,19H,9-12H2,1-4H3;1-4,9-11,15H,5-8H2;1-8H3. The first-order valence-electron chi connectivity index (χ1n) is 23.9. The number of hydrogen-bond donors (Lipinski definition) is 0. The molecule has 5 heterocycles. The first-order valence-corrected chi connectivity index (χ1v) is 24.7. The van der Waals surface area contributed by atoms with E-state index < -0.39 is 32.3 Å². The van der Waals surface area contributed by atoms with Gasteiger partial charge in [0.05, 0.1) is 33.6 Å². The van der Waals surface area contributed by atoms with Crippen molar-refractivity contribution in [1.82, 2.24) is 9.13 Å². The Morgan fingerprint density at radius 1 is 0.469 bits per heavy atom. The van der Waals surface area contributed by atoms with Crippen molar-refractivity contribution < 1.29 is 27.9 Å². The van der Waals surface area contributed by atoms with E-state index in [4.69, 9.17) is 27.9 Å². The molecule has 0 radical (unpaired) electrons. The Bertz CT molecular complexity index is 2430. The Morgan fingerprint density at radius 3 is 1.12 bits per heavy atom. The van der Waals surface area contributed by atoms with Gasteiger partial charge < -0.3 is 37.1 Å². The maximum Gasteiger partial charge on any atom is 0.496 e. The van der Waals surface area contributed by atoms with Crippen LogP contribution < -0.4 is 16.6 Å². The summed E-state index contributed by atoms with van der Waals surface area (Å²) in [5.41, 5.74) is -0.934. The molecule has 64 heavy (non-hydrogen) atoms. The fourth-order valence-corrected chi connectivity index (χ4v) is 10.2. The highest BCUT2D eigenvalue weighted by Crippen LogP contribution is 2.53. The van der Waals surface area contributed by atoms with E-state index in [1.165, 1.54) is 51.4 Å². The molecule has 7 fully saturated rings. The molecule has 0 spiro atoms. The minimum atomic E-state index is -0.476. The Morgan fingerprint density at radius 2 is 0.766 bits per heavy atom. The van der Waals surface area contributed by atoms with Crippen LogP contribution in [0.1, 0.15) is 147 Å². The van der Waals surface area contributed by atoms with Gasteiger partial charge in [-0.2, -0.15) is 0 Å². The smallest absolute Gasteiger partial charge is 0.405 e. The molecule has 3 aliphatic heterocycles. The second kappa shape index (κ2) is 16.2. The summed E-state index contributed by atoms with van der Waals surface area (Å²) in [6.45, 7) is 24.5. The molecular formula is C50H68B3BrN2O8. The minimum absolute atomic E-state index is 0.134. The number of fused-ring (bicyclic) bond motifs is 2. The molecule has 2 aromatic heterocycles. The maximum atomic E-state index is 13.3. The predicted octanol–water partition coefficient (Wildman–Crippen LogP) is 10.0. The summed E-state index contributed by atoms with van der Waals surface area (Å²) in [4.78, 5) is 26.1. The van der Waals surface area contributed by atoms with Crippen molar-refractivity contribution in [3.8, 4) is 0 Å². The van der Waals surface area contributed by atoms with Crippen molar-refractivity contribution in [1.29, 1.82) is 0 Å². The van der Waals surface area contributed by atoms with Gasteiger partial charge in [-0.05, 0) is 192 Å². The summed E-state index contributed by atoms with van der Waals surface area (Å²) in [5, 5.41) is 3.58. The minimum Gasteiger partial charge on any atom is -0.405 e. The van der Waals surface area contributed by atoms with Crippen molar-refractivity contribution in [2.24, 2.45) is 23.7 Å². The van der Waals surface area contributed by atoms with E-state index in [9.17, 15) is 9.59 Å². The van der Waals surface area contributed by atoms with Crippen molar-refractivity contribution in [3.63, 3.8) is 0 Å². The Kier molecular flexibility index (Phi) is 11.8. The first kappa shape index (κ1) is 46.4. The van der Waals surface area contributed by atoms with Gasteiger partial charge in [0.1, 0.15) is 0 Å². The number of halogens is 1. The third-order valence-corrected chi connectivity index (χ3v) is 16.8. The Labute approximate surface area is 389 Å². The fourth-order valence-electron chi connectivity index (χ4n) is 9.64. The Hall–Kier alpha value is -2.71. The van der Waals surface area contributed by atoms with E-state index >= 15 is 0 Å². The van der Waals surface area contributed by atoms with Crippen molar-refractivity contribution >= 4 is 64.1 Å². The van der Waals surface area contributed by atoms with Crippen LogP contribution in [0.4, 0.5) is 0 Å². The van der Waals surface area contributed by atoms with Gasteiger partial charge in [0, 0.05) is 50.6 Å². The zero-order valence-electron chi connectivity index (χ0n) is 40.2. The van der Waals surface area contributed by atoms with Gasteiger partial charge in [0.2, 0.25) is 0 Å². The molecule has 0 N–H and O–H groups in total. The highest BCUT2D eigenvalue weighted by Gasteiger charge is 2.64. The lowest BCUT2D eigenvalue weighted by atomic mass is 9.49. The molecule has 14 heteroatoms. The average molecular weight is 937 g/mol. The van der Waals surface area contributed by atoms with Gasteiger partial charge in [0.25, 0.3) is 11.1 Å². The molecule has 2 aromatic carbocycles. The number of benzene rings is 2. The molecule has 0 amide bonds. The van der Waals surface area contributed by atoms with E-state index in [0.29, 0.717) is 23.9 Å². The monoisotopic (exact) mass is 936 g/mol. The number of pyridine rings is 2. The largest absolute Gasteiger partial charge is 0.496 e. The van der Waals surface area contributed by atoms with Crippen LogP contribution in [0.2, 0.25) is 0 Å². The molecule has 3 saturated heterocycles. The molecule has 0 bridgehead atoms. The molecule has 0 atom stereocenters. The molecule has 4 saturated carbocycles. The van der Waals surface area contributed by atoms with Gasteiger partial charge in [-0.25, -0.2) is 0 Å². The quantitative estimate of drug-likeness (QED) is 0.161. The molecule has 10 nitrogen and oxygen atoms in total. The van der Waals surface area contributed by atoms with Crippen molar-refractivity contribution in [2.75, 3.05) is 0 Å². The summed E-state index contributed by atoms with van der Waals surface area (Å²) in [6.07, 6.45) is 14.2. The van der Waals surface area contributed by atoms with Gasteiger partial charge in [-0.3, -0.25) is 9.59 Å². The summed E-state index contributed by atoms with van der Waals surface area (Å²) in [5.74, 6) is 2.78. The van der Waals surface area contributed by atoms with Crippen LogP contribution in [0, 0.1) is 23.7 Å². The summed E-state index contributed by atoms with van der Waals surface area (Å²) < 4.78 is 41.6. The van der Waals surface area contributed by atoms with Gasteiger partial charge in [0.15, 0.2) is 0 Å². The van der Waals surface area contributed by atoms with Crippen LogP contribution in [-0.4, -0.2) is 63.9 Å². The normalized spacial score (nSPS) is 24.9. The van der Waals surface area contributed by atoms with Crippen LogP contribution in [0.3, 0.4) is 0 Å². The third kappa shape index (κ3) is 8.69. The van der Waals surface area contributed by atoms with E-state index in [1.807, 2.05) is 125 Å². The zero-order valence-corrected chi connectivity index (χ0v) is 41.8. The lowest BCUT2D eigenvalue weighted by molar-refractivity contribution is 0.00578. The SMILES string of the molecule is CC1(C)OB(B2OC(C)(C)C(C)(C)O2)OC1(C)C.CC1(C)OB(c2cn(C(C3CC3)C3CC3)c(=O)c3ccccc23)OC1(C)C.O=c1c2ccccc2c(Br)cn1C(C1CC1)C1CC1. The number of hydrogen-bond acceptors (Lipinski definition) is 8. The van der Waals surface area contributed by atoms with Gasteiger partial charge >= 0.3 is 21.1 Å². The van der Waals surface area contributed by atoms with Crippen LogP contribution in [0.15, 0.2) is 75.0 Å². The van der Waals surface area contributed by atoms with Gasteiger partial charge in [-0.15, -0.1) is 0 Å². The maximum absolute atomic E-state index is 13.3. The lowest BCUT2D eigenvalue weighted by Crippen LogP contribution is -2.41. The van der Waals surface area contributed by atoms with E-state index in [1.54, 1.807) is 0 Å². The highest BCUT2D eigenvalue weighted by atomic mass is 79.9. The molecule has 342 valence electrons. The molecule has 0 unspecified atom stereocenters. The number of nitrogens with zero attached hydrogens (tertiary/aromatic N) is 2. The highest BCUT2D eigenvalue weighted by molar-refractivity contribution is 9.10. The van der Waals surface area contributed by atoms with Crippen LogP contribution in [0.5, 0.6) is 0 Å². The van der Waals surface area contributed by atoms with Crippen molar-refractivity contribution in [2.45, 2.75) is 180 Å². The molecule has 4 aliphatic carbocycles. The topological polar surface area (TPSA) is 99.4 Å². The summed E-state index contributed by atoms with van der Waals surface area (Å²) in [6, 6.07) is 16.6. The molecule has 7 aliphatic rings. The fraction of sp³-hybridized carbons (Fsp3) is 0.640. The lowest BCUT2D eigenvalue weighted by Gasteiger charge is -2.32. The summed E-state index contributed by atoms with van der Waals surface area (Å²) >= 11 is 3.63. The number of aromatic nitrogens is 2. The van der Waals surface area contributed by atoms with E-state index in [2.05, 4.69) is 43.6 Å². The van der Waals surface area contributed by atoms with Crippen molar-refractivity contribution in [3.05, 3.63) is 86.1 Å². The van der Waals surface area contributed by atoms with Crippen LogP contribution >= 0.6 is 15.9 Å². The Balaban J connectivity index is 0.000000125. The van der Waals surface area contributed by atoms with Crippen LogP contribution in [0.25, 0.3) is 21.5 Å². The third-order valence-electron chi connectivity index (χ3n) is 16.2. The zero-order chi connectivity index (χ0) is 45.9. The van der Waals surface area contributed by atoms with E-state index in [-0.39, 0.29) is 33.5 Å². The van der Waals surface area contributed by atoms with E-state index in [0.717, 1.165) is 43.3 Å². The molecule has 11 rings (SSSR count). The predicted molar refractivity (Wildman–Crippen MR) is 261 cm³/mol. The second-order valence-corrected chi connectivity index (χ2v) is 23.6. The number of rotatable bonds is 8. The second-order valence-electron chi connectivity index (χ2n) is 22.7. The summed E-state index contributed by atoms with van der Waals surface area (Å²) in [7, 11) is -1.40.